The summed E-state index contributed by atoms with van der Waals surface area (Å²) in [5.74, 6) is 0.383. The molecule has 178 valence electrons. The van der Waals surface area contributed by atoms with E-state index in [2.05, 4.69) is 10.6 Å². The second-order valence-corrected chi connectivity index (χ2v) is 9.36. The zero-order valence-electron chi connectivity index (χ0n) is 19.7. The van der Waals surface area contributed by atoms with Crippen molar-refractivity contribution in [3.63, 3.8) is 0 Å². The topological polar surface area (TPSA) is 75.3 Å². The first kappa shape index (κ1) is 23.5. The maximum absolute atomic E-state index is 13.1. The third-order valence-electron chi connectivity index (χ3n) is 6.22. The summed E-state index contributed by atoms with van der Waals surface area (Å²) in [6.45, 7) is 2.94. The molecule has 5 rings (SSSR count). The van der Waals surface area contributed by atoms with E-state index in [1.807, 2.05) is 91.9 Å². The van der Waals surface area contributed by atoms with Crippen molar-refractivity contribution >= 4 is 39.9 Å². The highest BCUT2D eigenvalue weighted by Gasteiger charge is 2.35. The molecule has 0 radical (unpaired) electrons. The Bertz CT molecular complexity index is 1530. The average molecular weight is 494 g/mol. The number of hydrogen-bond donors (Lipinski definition) is 0. The highest BCUT2D eigenvalue weighted by molar-refractivity contribution is 8.18. The van der Waals surface area contributed by atoms with Crippen molar-refractivity contribution in [2.75, 3.05) is 13.2 Å². The number of amides is 2. The lowest BCUT2D eigenvalue weighted by atomic mass is 10.1. The molecule has 4 aromatic rings. The molecule has 1 saturated heterocycles. The molecule has 36 heavy (non-hydrogen) atoms. The predicted octanol–water partition coefficient (Wildman–Crippen LogP) is 5.99. The largest absolute Gasteiger partial charge is 0.492 e. The number of imide groups is 1. The van der Waals surface area contributed by atoms with Gasteiger partial charge in [0.05, 0.1) is 23.1 Å². The van der Waals surface area contributed by atoms with Gasteiger partial charge in [-0.15, -0.1) is 0 Å². The number of aromatic nitrogens is 1. The van der Waals surface area contributed by atoms with Crippen LogP contribution < -0.4 is 4.74 Å². The summed E-state index contributed by atoms with van der Waals surface area (Å²) in [6, 6.07) is 27.1. The smallest absolute Gasteiger partial charge is 0.293 e. The highest BCUT2D eigenvalue weighted by atomic mass is 32.2. The molecule has 2 heterocycles. The third kappa shape index (κ3) is 4.51. The van der Waals surface area contributed by atoms with Crippen LogP contribution in [0.5, 0.6) is 5.75 Å². The summed E-state index contributed by atoms with van der Waals surface area (Å²) in [5, 5.41) is 10.2. The molecule has 1 fully saturated rings. The van der Waals surface area contributed by atoms with Crippen LogP contribution in [-0.2, 0) is 11.3 Å². The van der Waals surface area contributed by atoms with Crippen molar-refractivity contribution < 1.29 is 14.3 Å². The maximum Gasteiger partial charge on any atom is 0.293 e. The van der Waals surface area contributed by atoms with Gasteiger partial charge in [-0.1, -0.05) is 54.6 Å². The second-order valence-electron chi connectivity index (χ2n) is 8.37. The number of benzene rings is 3. The van der Waals surface area contributed by atoms with Gasteiger partial charge in [0.2, 0.25) is 0 Å². The molecule has 7 heteroatoms. The van der Waals surface area contributed by atoms with Crippen molar-refractivity contribution in [2.45, 2.75) is 13.5 Å². The van der Waals surface area contributed by atoms with Crippen molar-refractivity contribution in [1.82, 2.24) is 9.47 Å². The minimum absolute atomic E-state index is 0.183. The van der Waals surface area contributed by atoms with Crippen LogP contribution in [0, 0.1) is 18.3 Å². The van der Waals surface area contributed by atoms with E-state index in [4.69, 9.17) is 4.74 Å². The van der Waals surface area contributed by atoms with Gasteiger partial charge in [-0.05, 0) is 54.6 Å². The van der Waals surface area contributed by atoms with Gasteiger partial charge in [-0.2, -0.15) is 5.26 Å². The minimum Gasteiger partial charge on any atom is -0.492 e. The van der Waals surface area contributed by atoms with E-state index in [9.17, 15) is 14.9 Å². The lowest BCUT2D eigenvalue weighted by Crippen LogP contribution is -2.32. The van der Waals surface area contributed by atoms with Gasteiger partial charge in [0.1, 0.15) is 12.4 Å². The minimum atomic E-state index is -0.312. The molecule has 0 N–H and O–H groups in total. The molecule has 0 spiro atoms. The van der Waals surface area contributed by atoms with Gasteiger partial charge in [0.25, 0.3) is 11.1 Å². The molecular formula is C29H23N3O3S. The molecular weight excluding hydrogens is 470 g/mol. The van der Waals surface area contributed by atoms with E-state index in [0.29, 0.717) is 22.8 Å². The van der Waals surface area contributed by atoms with Crippen LogP contribution in [0.2, 0.25) is 0 Å². The molecule has 1 aromatic heterocycles. The molecule has 3 aromatic carbocycles. The molecule has 2 amide bonds. The summed E-state index contributed by atoms with van der Waals surface area (Å²) in [4.78, 5) is 27.4. The first-order valence-electron chi connectivity index (χ1n) is 11.6. The van der Waals surface area contributed by atoms with E-state index < -0.39 is 0 Å². The Kier molecular flexibility index (Phi) is 6.61. The molecule has 0 atom stereocenters. The number of carbonyl (C=O) groups is 2. The SMILES string of the molecule is Cc1c(/C=C2\SC(=O)N(CCOc3ccccc3)C2=O)c2ccccc2n1Cc1ccccc1C#N. The zero-order valence-corrected chi connectivity index (χ0v) is 20.5. The summed E-state index contributed by atoms with van der Waals surface area (Å²) in [5.41, 5.74) is 4.42. The quantitative estimate of drug-likeness (QED) is 0.296. The number of nitrogens with zero attached hydrogens (tertiary/aromatic N) is 3. The first-order valence-corrected chi connectivity index (χ1v) is 12.4. The van der Waals surface area contributed by atoms with Gasteiger partial charge in [0.15, 0.2) is 0 Å². The van der Waals surface area contributed by atoms with E-state index in [0.717, 1.165) is 39.5 Å². The van der Waals surface area contributed by atoms with E-state index in [-0.39, 0.29) is 24.3 Å². The first-order chi connectivity index (χ1) is 17.6. The van der Waals surface area contributed by atoms with E-state index >= 15 is 0 Å². The number of ether oxygens (including phenoxy) is 1. The average Bonchev–Trinajstić information content (AvgIpc) is 3.32. The molecule has 0 aliphatic carbocycles. The van der Waals surface area contributed by atoms with Crippen molar-refractivity contribution in [2.24, 2.45) is 0 Å². The fourth-order valence-electron chi connectivity index (χ4n) is 4.38. The van der Waals surface area contributed by atoms with Crippen molar-refractivity contribution in [3.05, 3.63) is 106 Å². The van der Waals surface area contributed by atoms with Crippen LogP contribution in [0.15, 0.2) is 83.8 Å². The van der Waals surface area contributed by atoms with Crippen LogP contribution >= 0.6 is 11.8 Å². The van der Waals surface area contributed by atoms with Crippen molar-refractivity contribution in [1.29, 1.82) is 5.26 Å². The fourth-order valence-corrected chi connectivity index (χ4v) is 5.22. The van der Waals surface area contributed by atoms with Crippen molar-refractivity contribution in [3.8, 4) is 11.8 Å². The molecule has 1 aliphatic heterocycles. The molecule has 0 saturated carbocycles. The second kappa shape index (κ2) is 10.1. The Morgan fingerprint density at radius 1 is 0.972 bits per heavy atom. The Hall–Kier alpha value is -4.28. The normalized spacial score (nSPS) is 14.6. The molecule has 0 unspecified atom stereocenters. The molecule has 1 aliphatic rings. The summed E-state index contributed by atoms with van der Waals surface area (Å²) >= 11 is 0.950. The number of hydrogen-bond acceptors (Lipinski definition) is 5. The summed E-state index contributed by atoms with van der Waals surface area (Å²) < 4.78 is 7.82. The lowest BCUT2D eigenvalue weighted by molar-refractivity contribution is -0.123. The fraction of sp³-hybridized carbons (Fsp3) is 0.138. The number of fused-ring (bicyclic) bond motifs is 1. The lowest BCUT2D eigenvalue weighted by Gasteiger charge is -2.13. The number of carbonyl (C=O) groups excluding carboxylic acids is 2. The Labute approximate surface area is 213 Å². The van der Waals surface area contributed by atoms with Crippen LogP contribution in [0.25, 0.3) is 17.0 Å². The van der Waals surface area contributed by atoms with Gasteiger partial charge in [-0.25, -0.2) is 0 Å². The number of para-hydroxylation sites is 2. The summed E-state index contributed by atoms with van der Waals surface area (Å²) in [6.07, 6.45) is 1.81. The van der Waals surface area contributed by atoms with E-state index in [1.54, 1.807) is 0 Å². The predicted molar refractivity (Wildman–Crippen MR) is 142 cm³/mol. The van der Waals surface area contributed by atoms with Gasteiger partial charge >= 0.3 is 0 Å². The Balaban J connectivity index is 1.42. The number of rotatable bonds is 7. The van der Waals surface area contributed by atoms with Crippen LogP contribution in [0.3, 0.4) is 0 Å². The Morgan fingerprint density at radius 2 is 1.69 bits per heavy atom. The zero-order chi connectivity index (χ0) is 25.1. The molecule has 0 bridgehead atoms. The van der Waals surface area contributed by atoms with Crippen LogP contribution in [0.1, 0.15) is 22.4 Å². The number of thioether (sulfide) groups is 1. The Morgan fingerprint density at radius 3 is 2.50 bits per heavy atom. The van der Waals surface area contributed by atoms with Gasteiger partial charge in [-0.3, -0.25) is 14.5 Å². The maximum atomic E-state index is 13.1. The molecule has 6 nitrogen and oxygen atoms in total. The monoisotopic (exact) mass is 493 g/mol. The van der Waals surface area contributed by atoms with E-state index in [1.165, 1.54) is 4.90 Å². The van der Waals surface area contributed by atoms with Crippen LogP contribution in [0.4, 0.5) is 4.79 Å². The summed E-state index contributed by atoms with van der Waals surface area (Å²) in [7, 11) is 0. The standard InChI is InChI=1S/C29H23N3O3S/c1-20-25(17-27-28(33)31(29(34)36-27)15-16-35-23-11-3-2-4-12-23)24-13-7-8-14-26(24)32(20)19-22-10-6-5-9-21(22)18-30/h2-14,17H,15-16,19H2,1H3/b27-17-. The highest BCUT2D eigenvalue weighted by Crippen LogP contribution is 2.36. The van der Waals surface area contributed by atoms with Gasteiger partial charge in [0, 0.05) is 28.7 Å². The van der Waals surface area contributed by atoms with Gasteiger partial charge < -0.3 is 9.30 Å². The van der Waals surface area contributed by atoms with Crippen LogP contribution in [-0.4, -0.2) is 33.8 Å². The number of nitriles is 1. The third-order valence-corrected chi connectivity index (χ3v) is 7.13.